The lowest BCUT2D eigenvalue weighted by Crippen LogP contribution is -2.38. The number of nitrogens with zero attached hydrogens (tertiary/aromatic N) is 4. The van der Waals surface area contributed by atoms with E-state index in [4.69, 9.17) is 4.98 Å². The predicted octanol–water partition coefficient (Wildman–Crippen LogP) is 4.57. The SMILES string of the molecule is C=CC(=NC(=NC)C(F)(F)F)N1CCCc2nc(C3(NC(=O)c4ccc(F)cc4)CC3)ccc21. The van der Waals surface area contributed by atoms with E-state index in [1.165, 1.54) is 30.3 Å². The lowest BCUT2D eigenvalue weighted by molar-refractivity contribution is -0.0597. The minimum Gasteiger partial charge on any atom is -0.341 e. The third-order valence-corrected chi connectivity index (χ3v) is 5.88. The van der Waals surface area contributed by atoms with Crippen molar-refractivity contribution in [1.29, 1.82) is 0 Å². The molecule has 1 N–H and O–H groups in total. The summed E-state index contributed by atoms with van der Waals surface area (Å²) in [6.45, 7) is 4.08. The molecular weight excluding hydrogens is 450 g/mol. The standard InChI is InChI=1S/C24H23F4N5O/c1-3-20(31-22(29-2)24(26,27)28)33-14-4-5-17-18(33)10-11-19(30-17)23(12-13-23)32-21(34)15-6-8-16(25)9-7-15/h3,6-11H,1,4-5,12-14H2,2H3,(H,32,34). The van der Waals surface area contributed by atoms with E-state index >= 15 is 0 Å². The molecule has 0 saturated heterocycles. The van der Waals surface area contributed by atoms with Crippen molar-refractivity contribution < 1.29 is 22.4 Å². The Balaban J connectivity index is 1.60. The van der Waals surface area contributed by atoms with Crippen LogP contribution in [-0.2, 0) is 12.0 Å². The van der Waals surface area contributed by atoms with E-state index in [9.17, 15) is 22.4 Å². The highest BCUT2D eigenvalue weighted by Gasteiger charge is 2.47. The zero-order chi connectivity index (χ0) is 24.5. The monoisotopic (exact) mass is 473 g/mol. The number of carbonyl (C=O) groups is 1. The van der Waals surface area contributed by atoms with Gasteiger partial charge in [0.25, 0.3) is 5.91 Å². The number of hydrogen-bond acceptors (Lipinski definition) is 3. The van der Waals surface area contributed by atoms with Crippen molar-refractivity contribution >= 4 is 23.3 Å². The summed E-state index contributed by atoms with van der Waals surface area (Å²) in [4.78, 5) is 26.1. The Morgan fingerprint density at radius 2 is 1.91 bits per heavy atom. The molecule has 0 unspecified atom stereocenters. The number of halogens is 4. The summed E-state index contributed by atoms with van der Waals surface area (Å²) in [5.41, 5.74) is 1.78. The number of nitrogens with one attached hydrogen (secondary N) is 1. The van der Waals surface area contributed by atoms with Crippen molar-refractivity contribution in [3.8, 4) is 0 Å². The number of alkyl halides is 3. The Bertz CT molecular complexity index is 1170. The molecule has 6 nitrogen and oxygen atoms in total. The average Bonchev–Trinajstić information content (AvgIpc) is 3.59. The van der Waals surface area contributed by atoms with Gasteiger partial charge >= 0.3 is 6.18 Å². The number of carbonyl (C=O) groups excluding carboxylic acids is 1. The van der Waals surface area contributed by atoms with Crippen molar-refractivity contribution in [3.63, 3.8) is 0 Å². The number of amides is 1. The van der Waals surface area contributed by atoms with Gasteiger partial charge in [-0.2, -0.15) is 13.2 Å². The van der Waals surface area contributed by atoms with E-state index in [-0.39, 0.29) is 11.7 Å². The van der Waals surface area contributed by atoms with Gasteiger partial charge in [0, 0.05) is 19.2 Å². The summed E-state index contributed by atoms with van der Waals surface area (Å²) in [6.07, 6.45) is -0.695. The molecule has 0 radical (unpaired) electrons. The summed E-state index contributed by atoms with van der Waals surface area (Å²) in [5.74, 6) is -1.94. The van der Waals surface area contributed by atoms with Gasteiger partial charge in [-0.15, -0.1) is 0 Å². The first-order chi connectivity index (χ1) is 16.2. The molecule has 4 rings (SSSR count). The molecular formula is C24H23F4N5O. The van der Waals surface area contributed by atoms with Crippen LogP contribution in [0.25, 0.3) is 0 Å². The summed E-state index contributed by atoms with van der Waals surface area (Å²) >= 11 is 0. The molecule has 2 aromatic rings. The van der Waals surface area contributed by atoms with Gasteiger partial charge in [0.05, 0.1) is 22.6 Å². The topological polar surface area (TPSA) is 70.0 Å². The van der Waals surface area contributed by atoms with Crippen molar-refractivity contribution in [3.05, 3.63) is 71.8 Å². The van der Waals surface area contributed by atoms with Crippen molar-refractivity contribution in [2.24, 2.45) is 9.98 Å². The molecule has 10 heteroatoms. The van der Waals surface area contributed by atoms with E-state index < -0.39 is 23.4 Å². The first-order valence-corrected chi connectivity index (χ1v) is 10.8. The van der Waals surface area contributed by atoms with Crippen LogP contribution in [0.4, 0.5) is 23.2 Å². The van der Waals surface area contributed by atoms with Gasteiger partial charge in [-0.3, -0.25) is 14.8 Å². The van der Waals surface area contributed by atoms with E-state index in [0.29, 0.717) is 54.9 Å². The normalized spacial score (nSPS) is 17.7. The third-order valence-electron chi connectivity index (χ3n) is 5.88. The van der Waals surface area contributed by atoms with Crippen LogP contribution in [0.15, 0.2) is 59.0 Å². The highest BCUT2D eigenvalue weighted by Crippen LogP contribution is 2.45. The predicted molar refractivity (Wildman–Crippen MR) is 122 cm³/mol. The molecule has 178 valence electrons. The first-order valence-electron chi connectivity index (χ1n) is 10.8. The minimum atomic E-state index is -4.68. The minimum absolute atomic E-state index is 0.0409. The van der Waals surface area contributed by atoms with Gasteiger partial charge in [-0.05, 0) is 68.2 Å². The summed E-state index contributed by atoms with van der Waals surface area (Å²) < 4.78 is 52.7. The second-order valence-corrected chi connectivity index (χ2v) is 8.18. The summed E-state index contributed by atoms with van der Waals surface area (Å²) in [6, 6.07) is 8.86. The van der Waals surface area contributed by atoms with Crippen LogP contribution in [0.5, 0.6) is 0 Å². The fourth-order valence-electron chi connectivity index (χ4n) is 3.98. The summed E-state index contributed by atoms with van der Waals surface area (Å²) in [5, 5.41) is 3.00. The van der Waals surface area contributed by atoms with Gasteiger partial charge in [0.15, 0.2) is 0 Å². The highest BCUT2D eigenvalue weighted by molar-refractivity contribution is 6.12. The second kappa shape index (κ2) is 9.00. The number of amidine groups is 2. The van der Waals surface area contributed by atoms with Crippen LogP contribution in [0.2, 0.25) is 0 Å². The van der Waals surface area contributed by atoms with Crippen molar-refractivity contribution in [2.45, 2.75) is 37.4 Å². The zero-order valence-electron chi connectivity index (χ0n) is 18.5. The molecule has 1 fully saturated rings. The maximum atomic E-state index is 13.2. The molecule has 1 aromatic carbocycles. The van der Waals surface area contributed by atoms with E-state index in [2.05, 4.69) is 21.9 Å². The van der Waals surface area contributed by atoms with Crippen molar-refractivity contribution in [1.82, 2.24) is 10.3 Å². The van der Waals surface area contributed by atoms with Crippen LogP contribution in [0.3, 0.4) is 0 Å². The Morgan fingerprint density at radius 3 is 2.50 bits per heavy atom. The lowest BCUT2D eigenvalue weighted by Gasteiger charge is -2.31. The van der Waals surface area contributed by atoms with Gasteiger partial charge in [0.2, 0.25) is 5.84 Å². The van der Waals surface area contributed by atoms with Crippen molar-refractivity contribution in [2.75, 3.05) is 18.5 Å². The molecule has 0 atom stereocenters. The van der Waals surface area contributed by atoms with Crippen LogP contribution in [0, 0.1) is 5.82 Å². The number of anilines is 1. The molecule has 0 bridgehead atoms. The lowest BCUT2D eigenvalue weighted by atomic mass is 10.0. The number of rotatable bonds is 4. The Kier molecular flexibility index (Phi) is 6.24. The van der Waals surface area contributed by atoms with E-state index in [1.54, 1.807) is 17.0 Å². The van der Waals surface area contributed by atoms with Crippen LogP contribution in [0.1, 0.15) is 41.0 Å². The fourth-order valence-corrected chi connectivity index (χ4v) is 3.98. The first kappa shape index (κ1) is 23.6. The van der Waals surface area contributed by atoms with E-state index in [0.717, 1.165) is 7.05 Å². The summed E-state index contributed by atoms with van der Waals surface area (Å²) in [7, 11) is 1.04. The molecule has 2 aliphatic rings. The van der Waals surface area contributed by atoms with Gasteiger partial charge < -0.3 is 10.2 Å². The molecule has 1 aliphatic heterocycles. The third kappa shape index (κ3) is 4.71. The number of hydrogen-bond donors (Lipinski definition) is 1. The molecule has 1 saturated carbocycles. The largest absolute Gasteiger partial charge is 0.451 e. The Labute approximate surface area is 194 Å². The molecule has 1 amide bonds. The maximum Gasteiger partial charge on any atom is 0.451 e. The zero-order valence-corrected chi connectivity index (χ0v) is 18.5. The number of fused-ring (bicyclic) bond motifs is 1. The molecule has 1 aliphatic carbocycles. The van der Waals surface area contributed by atoms with Crippen LogP contribution >= 0.6 is 0 Å². The fraction of sp³-hybridized carbons (Fsp3) is 0.333. The molecule has 0 spiro atoms. The van der Waals surface area contributed by atoms with E-state index in [1.807, 2.05) is 0 Å². The average molecular weight is 473 g/mol. The number of aromatic nitrogens is 1. The van der Waals surface area contributed by atoms with Gasteiger partial charge in [0.1, 0.15) is 11.7 Å². The number of aryl methyl sites for hydroxylation is 1. The van der Waals surface area contributed by atoms with Gasteiger partial charge in [-0.1, -0.05) is 6.58 Å². The Morgan fingerprint density at radius 1 is 1.21 bits per heavy atom. The maximum absolute atomic E-state index is 13.2. The molecule has 1 aromatic heterocycles. The molecule has 34 heavy (non-hydrogen) atoms. The van der Waals surface area contributed by atoms with Crippen LogP contribution in [-0.4, -0.2) is 42.3 Å². The second-order valence-electron chi connectivity index (χ2n) is 8.18. The molecule has 2 heterocycles. The van der Waals surface area contributed by atoms with Crippen LogP contribution < -0.4 is 10.2 Å². The number of benzene rings is 1. The Hall–Kier alpha value is -3.56. The van der Waals surface area contributed by atoms with Gasteiger partial charge in [-0.25, -0.2) is 9.38 Å². The smallest absolute Gasteiger partial charge is 0.341 e. The number of aliphatic imine (C=N–C) groups is 2. The number of pyridine rings is 1. The quantitative estimate of drug-likeness (QED) is 0.402. The highest BCUT2D eigenvalue weighted by atomic mass is 19.4.